The maximum atomic E-state index is 14.2. The van der Waals surface area contributed by atoms with Crippen molar-refractivity contribution in [3.05, 3.63) is 57.0 Å². The zero-order chi connectivity index (χ0) is 13.6. The SMILES string of the molecule is Cc1cc(C)c(C(N)c2cc3sccc3s2)c(F)c1. The molecule has 1 atom stereocenters. The Morgan fingerprint density at radius 3 is 2.63 bits per heavy atom. The van der Waals surface area contributed by atoms with Crippen LogP contribution in [0.3, 0.4) is 0 Å². The molecule has 1 nitrogen and oxygen atoms in total. The van der Waals surface area contributed by atoms with Gasteiger partial charge in [-0.1, -0.05) is 6.07 Å². The van der Waals surface area contributed by atoms with Crippen LogP contribution in [-0.2, 0) is 0 Å². The van der Waals surface area contributed by atoms with Crippen molar-refractivity contribution in [2.75, 3.05) is 0 Å². The number of hydrogen-bond donors (Lipinski definition) is 1. The third-order valence-corrected chi connectivity index (χ3v) is 5.43. The molecule has 0 saturated heterocycles. The van der Waals surface area contributed by atoms with Crippen molar-refractivity contribution in [1.82, 2.24) is 0 Å². The number of thiophene rings is 2. The highest BCUT2D eigenvalue weighted by molar-refractivity contribution is 7.27. The average molecular weight is 291 g/mol. The molecule has 2 N–H and O–H groups in total. The monoisotopic (exact) mass is 291 g/mol. The molecular weight excluding hydrogens is 277 g/mol. The van der Waals surface area contributed by atoms with Gasteiger partial charge in [-0.15, -0.1) is 22.7 Å². The zero-order valence-corrected chi connectivity index (χ0v) is 12.4. The van der Waals surface area contributed by atoms with Gasteiger partial charge in [-0.25, -0.2) is 4.39 Å². The first-order valence-electron chi connectivity index (χ1n) is 6.05. The van der Waals surface area contributed by atoms with E-state index in [4.69, 9.17) is 5.73 Å². The van der Waals surface area contributed by atoms with Gasteiger partial charge >= 0.3 is 0 Å². The largest absolute Gasteiger partial charge is 0.320 e. The van der Waals surface area contributed by atoms with E-state index in [0.717, 1.165) is 16.0 Å². The van der Waals surface area contributed by atoms with Gasteiger partial charge in [-0.2, -0.15) is 0 Å². The van der Waals surface area contributed by atoms with Gasteiger partial charge in [0.25, 0.3) is 0 Å². The van der Waals surface area contributed by atoms with Crippen molar-refractivity contribution in [3.8, 4) is 0 Å². The third-order valence-electron chi connectivity index (χ3n) is 3.26. The van der Waals surface area contributed by atoms with Crippen LogP contribution in [0.4, 0.5) is 4.39 Å². The number of nitrogens with two attached hydrogens (primary N) is 1. The topological polar surface area (TPSA) is 26.0 Å². The van der Waals surface area contributed by atoms with Crippen molar-refractivity contribution in [2.24, 2.45) is 5.73 Å². The summed E-state index contributed by atoms with van der Waals surface area (Å²) in [6, 6.07) is 7.31. The molecule has 0 aliphatic rings. The lowest BCUT2D eigenvalue weighted by atomic mass is 9.98. The second kappa shape index (κ2) is 4.71. The van der Waals surface area contributed by atoms with Crippen molar-refractivity contribution in [2.45, 2.75) is 19.9 Å². The van der Waals surface area contributed by atoms with E-state index in [-0.39, 0.29) is 11.9 Å². The lowest BCUT2D eigenvalue weighted by Crippen LogP contribution is -2.14. The first-order chi connectivity index (χ1) is 9.06. The number of halogens is 1. The molecule has 2 heterocycles. The summed E-state index contributed by atoms with van der Waals surface area (Å²) >= 11 is 3.34. The van der Waals surface area contributed by atoms with Crippen molar-refractivity contribution in [3.63, 3.8) is 0 Å². The van der Waals surface area contributed by atoms with Crippen LogP contribution in [0.2, 0.25) is 0 Å². The Balaban J connectivity index is 2.09. The minimum Gasteiger partial charge on any atom is -0.320 e. The van der Waals surface area contributed by atoms with Gasteiger partial charge in [0.15, 0.2) is 0 Å². The smallest absolute Gasteiger partial charge is 0.128 e. The van der Waals surface area contributed by atoms with E-state index >= 15 is 0 Å². The highest BCUT2D eigenvalue weighted by atomic mass is 32.1. The van der Waals surface area contributed by atoms with E-state index in [1.807, 2.05) is 19.9 Å². The molecule has 4 heteroatoms. The van der Waals surface area contributed by atoms with Crippen LogP contribution < -0.4 is 5.73 Å². The van der Waals surface area contributed by atoms with Crippen LogP contribution in [0.15, 0.2) is 29.6 Å². The van der Waals surface area contributed by atoms with E-state index in [1.54, 1.807) is 28.7 Å². The Kier molecular flexibility index (Phi) is 3.17. The normalized spacial score (nSPS) is 13.1. The summed E-state index contributed by atoms with van der Waals surface area (Å²) in [6.07, 6.45) is 0. The predicted octanol–water partition coefficient (Wildman–Crippen LogP) is 4.77. The summed E-state index contributed by atoms with van der Waals surface area (Å²) in [4.78, 5) is 1.02. The van der Waals surface area contributed by atoms with E-state index in [2.05, 4.69) is 17.5 Å². The van der Waals surface area contributed by atoms with Gasteiger partial charge in [0, 0.05) is 19.8 Å². The fourth-order valence-corrected chi connectivity index (χ4v) is 4.53. The van der Waals surface area contributed by atoms with Gasteiger partial charge < -0.3 is 5.73 Å². The van der Waals surface area contributed by atoms with Crippen LogP contribution >= 0.6 is 22.7 Å². The molecule has 0 fully saturated rings. The molecule has 3 aromatic rings. The minimum atomic E-state index is -0.384. The number of aryl methyl sites for hydroxylation is 2. The minimum absolute atomic E-state index is 0.207. The molecule has 0 aliphatic heterocycles. The van der Waals surface area contributed by atoms with E-state index < -0.39 is 0 Å². The van der Waals surface area contributed by atoms with Crippen molar-refractivity contribution in [1.29, 1.82) is 0 Å². The van der Waals surface area contributed by atoms with E-state index in [9.17, 15) is 4.39 Å². The summed E-state index contributed by atoms with van der Waals surface area (Å²) in [6.45, 7) is 3.81. The van der Waals surface area contributed by atoms with Gasteiger partial charge in [0.05, 0.1) is 6.04 Å². The molecule has 1 aromatic carbocycles. The molecule has 0 bridgehead atoms. The van der Waals surface area contributed by atoms with Crippen LogP contribution in [0, 0.1) is 19.7 Å². The van der Waals surface area contributed by atoms with E-state index in [1.165, 1.54) is 9.40 Å². The second-order valence-corrected chi connectivity index (χ2v) is 6.82. The summed E-state index contributed by atoms with van der Waals surface area (Å²) in [5, 5.41) is 2.06. The van der Waals surface area contributed by atoms with Crippen LogP contribution in [0.5, 0.6) is 0 Å². The molecule has 0 amide bonds. The second-order valence-electron chi connectivity index (χ2n) is 4.75. The molecule has 1 unspecified atom stereocenters. The maximum absolute atomic E-state index is 14.2. The molecule has 3 rings (SSSR count). The molecule has 2 aromatic heterocycles. The molecule has 0 spiro atoms. The summed E-state index contributed by atoms with van der Waals surface area (Å²) in [7, 11) is 0. The van der Waals surface area contributed by atoms with Gasteiger partial charge in [0.2, 0.25) is 0 Å². The number of rotatable bonds is 2. The van der Waals surface area contributed by atoms with Gasteiger partial charge in [0.1, 0.15) is 5.82 Å². The van der Waals surface area contributed by atoms with Crippen molar-refractivity contribution < 1.29 is 4.39 Å². The number of fused-ring (bicyclic) bond motifs is 1. The molecular formula is C15H14FNS2. The van der Waals surface area contributed by atoms with Crippen molar-refractivity contribution >= 4 is 32.1 Å². The standard InChI is InChI=1S/C15H14FNS2/c1-8-5-9(2)14(10(16)6-8)15(17)13-7-12-11(19-13)3-4-18-12/h3-7,15H,17H2,1-2H3. The van der Waals surface area contributed by atoms with Crippen LogP contribution in [0.25, 0.3) is 9.40 Å². The van der Waals surface area contributed by atoms with E-state index in [0.29, 0.717) is 5.56 Å². The highest BCUT2D eigenvalue weighted by Gasteiger charge is 2.19. The molecule has 0 radical (unpaired) electrons. The summed E-state index contributed by atoms with van der Waals surface area (Å²) in [5.41, 5.74) is 8.72. The number of benzene rings is 1. The third kappa shape index (κ3) is 2.20. The lowest BCUT2D eigenvalue weighted by molar-refractivity contribution is 0.597. The zero-order valence-electron chi connectivity index (χ0n) is 10.7. The van der Waals surface area contributed by atoms with Gasteiger partial charge in [-0.05, 0) is 48.6 Å². The predicted molar refractivity (Wildman–Crippen MR) is 81.6 cm³/mol. The van der Waals surface area contributed by atoms with Crippen LogP contribution in [-0.4, -0.2) is 0 Å². The molecule has 19 heavy (non-hydrogen) atoms. The molecule has 0 saturated carbocycles. The van der Waals surface area contributed by atoms with Gasteiger partial charge in [-0.3, -0.25) is 0 Å². The quantitative estimate of drug-likeness (QED) is 0.723. The highest BCUT2D eigenvalue weighted by Crippen LogP contribution is 2.36. The Morgan fingerprint density at radius 1 is 1.16 bits per heavy atom. The Bertz CT molecular complexity index is 690. The number of hydrogen-bond acceptors (Lipinski definition) is 3. The average Bonchev–Trinajstić information content (AvgIpc) is 2.86. The Hall–Kier alpha value is -1.23. The summed E-state index contributed by atoms with van der Waals surface area (Å²) < 4.78 is 16.6. The first-order valence-corrected chi connectivity index (χ1v) is 7.75. The fraction of sp³-hybridized carbons (Fsp3) is 0.200. The molecule has 98 valence electrons. The van der Waals surface area contributed by atoms with Crippen LogP contribution in [0.1, 0.15) is 27.6 Å². The first kappa shape index (κ1) is 12.8. The Morgan fingerprint density at radius 2 is 1.95 bits per heavy atom. The summed E-state index contributed by atoms with van der Waals surface area (Å²) in [5.74, 6) is -0.207. The molecule has 0 aliphatic carbocycles. The lowest BCUT2D eigenvalue weighted by Gasteiger charge is -2.15. The Labute approximate surface area is 119 Å². The fourth-order valence-electron chi connectivity index (χ4n) is 2.40. The maximum Gasteiger partial charge on any atom is 0.128 e.